The van der Waals surface area contributed by atoms with Crippen molar-refractivity contribution in [2.45, 2.75) is 38.5 Å². The molecule has 27 heavy (non-hydrogen) atoms. The molecular formula is C21H22BrN3OS. The molecule has 1 saturated heterocycles. The van der Waals surface area contributed by atoms with Gasteiger partial charge in [-0.2, -0.15) is 5.10 Å². The first-order valence-electron chi connectivity index (χ1n) is 8.97. The van der Waals surface area contributed by atoms with Crippen LogP contribution in [0.1, 0.15) is 36.5 Å². The Balaban J connectivity index is 1.82. The summed E-state index contributed by atoms with van der Waals surface area (Å²) in [5.74, 6) is 0.127. The maximum absolute atomic E-state index is 12.9. The summed E-state index contributed by atoms with van der Waals surface area (Å²) in [6, 6.07) is 16.0. The Kier molecular flexibility index (Phi) is 6.85. The molecule has 2 aromatic rings. The minimum atomic E-state index is -0.0688. The van der Waals surface area contributed by atoms with Gasteiger partial charge in [0.1, 0.15) is 0 Å². The normalized spacial score (nSPS) is 18.8. The third-order valence-electron chi connectivity index (χ3n) is 4.38. The lowest BCUT2D eigenvalue weighted by Gasteiger charge is -2.17. The molecular weight excluding hydrogens is 422 g/mol. The van der Waals surface area contributed by atoms with Crippen LogP contribution in [0.5, 0.6) is 0 Å². The van der Waals surface area contributed by atoms with E-state index in [2.05, 4.69) is 52.1 Å². The molecule has 0 N–H and O–H groups in total. The molecule has 1 aliphatic rings. The summed E-state index contributed by atoms with van der Waals surface area (Å²) in [6.07, 6.45) is 3.53. The van der Waals surface area contributed by atoms with E-state index in [0.29, 0.717) is 11.7 Å². The number of carbonyl (C=O) groups is 1. The molecule has 0 aromatic heterocycles. The molecule has 0 bridgehead atoms. The first-order chi connectivity index (χ1) is 13.1. The fourth-order valence-corrected chi connectivity index (χ4v) is 4.31. The predicted molar refractivity (Wildman–Crippen MR) is 117 cm³/mol. The topological polar surface area (TPSA) is 45.0 Å². The van der Waals surface area contributed by atoms with Crippen molar-refractivity contribution >= 4 is 45.0 Å². The Labute approximate surface area is 172 Å². The van der Waals surface area contributed by atoms with E-state index in [4.69, 9.17) is 0 Å². The smallest absolute Gasteiger partial charge is 0.242 e. The second-order valence-corrected chi connectivity index (χ2v) is 8.51. The number of rotatable bonds is 6. The van der Waals surface area contributed by atoms with Crippen molar-refractivity contribution in [3.8, 4) is 0 Å². The van der Waals surface area contributed by atoms with Crippen molar-refractivity contribution in [3.63, 3.8) is 0 Å². The van der Waals surface area contributed by atoms with Gasteiger partial charge in [-0.15, -0.1) is 5.10 Å². The molecule has 140 valence electrons. The lowest BCUT2D eigenvalue weighted by atomic mass is 10.1. The molecule has 0 aliphatic carbocycles. The van der Waals surface area contributed by atoms with E-state index in [1.807, 2.05) is 36.4 Å². The summed E-state index contributed by atoms with van der Waals surface area (Å²) < 4.78 is 1.02. The van der Waals surface area contributed by atoms with E-state index in [1.165, 1.54) is 17.3 Å². The second kappa shape index (κ2) is 9.33. The number of thioether (sulfide) groups is 1. The van der Waals surface area contributed by atoms with Gasteiger partial charge in [0.25, 0.3) is 0 Å². The van der Waals surface area contributed by atoms with Crippen LogP contribution in [0.15, 0.2) is 63.2 Å². The number of aryl methyl sites for hydroxylation is 1. The van der Waals surface area contributed by atoms with E-state index >= 15 is 0 Å². The van der Waals surface area contributed by atoms with Gasteiger partial charge in [-0.3, -0.25) is 9.69 Å². The zero-order chi connectivity index (χ0) is 19.2. The highest BCUT2D eigenvalue weighted by Gasteiger charge is 2.37. The first kappa shape index (κ1) is 19.8. The van der Waals surface area contributed by atoms with Gasteiger partial charge in [-0.1, -0.05) is 77.4 Å². The van der Waals surface area contributed by atoms with Gasteiger partial charge in [0.15, 0.2) is 5.17 Å². The van der Waals surface area contributed by atoms with Crippen molar-refractivity contribution in [1.82, 2.24) is 4.90 Å². The van der Waals surface area contributed by atoms with E-state index in [-0.39, 0.29) is 11.2 Å². The van der Waals surface area contributed by atoms with Gasteiger partial charge in [-0.05, 0) is 42.2 Å². The number of carbonyl (C=O) groups excluding carboxylic acids is 1. The van der Waals surface area contributed by atoms with Gasteiger partial charge in [-0.25, -0.2) is 0 Å². The number of amidine groups is 1. The molecule has 1 fully saturated rings. The summed E-state index contributed by atoms with van der Waals surface area (Å²) in [5, 5.41) is 9.21. The minimum absolute atomic E-state index is 0.0688. The number of benzene rings is 2. The quantitative estimate of drug-likeness (QED) is 0.443. The molecule has 1 unspecified atom stereocenters. The summed E-state index contributed by atoms with van der Waals surface area (Å²) in [5.41, 5.74) is 3.27. The zero-order valence-electron chi connectivity index (χ0n) is 15.4. The highest BCUT2D eigenvalue weighted by molar-refractivity contribution is 9.10. The number of hydrogen-bond acceptors (Lipinski definition) is 4. The van der Waals surface area contributed by atoms with Crippen LogP contribution in [0.25, 0.3) is 0 Å². The van der Waals surface area contributed by atoms with E-state index in [1.54, 1.807) is 11.1 Å². The molecule has 0 radical (unpaired) electrons. The Morgan fingerprint density at radius 3 is 2.63 bits per heavy atom. The zero-order valence-corrected chi connectivity index (χ0v) is 17.8. The molecule has 1 aliphatic heterocycles. The molecule has 1 heterocycles. The Morgan fingerprint density at radius 2 is 1.93 bits per heavy atom. The van der Waals surface area contributed by atoms with E-state index < -0.39 is 0 Å². The van der Waals surface area contributed by atoms with Crippen molar-refractivity contribution in [2.75, 3.05) is 0 Å². The molecule has 2 aromatic carbocycles. The van der Waals surface area contributed by atoms with Crippen LogP contribution < -0.4 is 0 Å². The van der Waals surface area contributed by atoms with Crippen molar-refractivity contribution in [1.29, 1.82) is 0 Å². The SMILES string of the molecule is CCCC1S/C(=N\N=C\c2ccc(Br)cc2)N(Cc2ccccc2C)C1=O. The summed E-state index contributed by atoms with van der Waals surface area (Å²) >= 11 is 4.94. The van der Waals surface area contributed by atoms with Gasteiger partial charge in [0, 0.05) is 4.47 Å². The largest absolute Gasteiger partial charge is 0.284 e. The standard InChI is InChI=1S/C21H22BrN3OS/c1-3-6-19-20(26)25(14-17-8-5-4-7-15(17)2)21(27-19)24-23-13-16-9-11-18(22)12-10-16/h4-5,7-13,19H,3,6,14H2,1-2H3/b23-13+,24-21-. The van der Waals surface area contributed by atoms with Crippen molar-refractivity contribution < 1.29 is 4.79 Å². The summed E-state index contributed by atoms with van der Waals surface area (Å²) in [4.78, 5) is 14.6. The molecule has 6 heteroatoms. The van der Waals surface area contributed by atoms with Gasteiger partial charge < -0.3 is 0 Å². The Bertz CT molecular complexity index is 864. The maximum atomic E-state index is 12.9. The Hall–Kier alpha value is -1.92. The molecule has 0 saturated carbocycles. The number of halogens is 1. The summed E-state index contributed by atoms with van der Waals surface area (Å²) in [6.45, 7) is 4.70. The number of amides is 1. The second-order valence-electron chi connectivity index (χ2n) is 6.42. The minimum Gasteiger partial charge on any atom is -0.284 e. The van der Waals surface area contributed by atoms with Crippen molar-refractivity contribution in [3.05, 3.63) is 69.7 Å². The average Bonchev–Trinajstić information content (AvgIpc) is 2.95. The van der Waals surface area contributed by atoms with E-state index in [0.717, 1.165) is 28.4 Å². The van der Waals surface area contributed by atoms with Crippen LogP contribution in [0.3, 0.4) is 0 Å². The highest BCUT2D eigenvalue weighted by Crippen LogP contribution is 2.32. The maximum Gasteiger partial charge on any atom is 0.242 e. The van der Waals surface area contributed by atoms with Crippen LogP contribution in [-0.4, -0.2) is 27.4 Å². The van der Waals surface area contributed by atoms with Crippen LogP contribution in [0.4, 0.5) is 0 Å². The van der Waals surface area contributed by atoms with Gasteiger partial charge in [0.2, 0.25) is 5.91 Å². The third-order valence-corrected chi connectivity index (χ3v) is 6.14. The molecule has 1 amide bonds. The van der Waals surface area contributed by atoms with Crippen LogP contribution >= 0.6 is 27.7 Å². The van der Waals surface area contributed by atoms with Gasteiger partial charge >= 0.3 is 0 Å². The fraction of sp³-hybridized carbons (Fsp3) is 0.286. The average molecular weight is 444 g/mol. The lowest BCUT2D eigenvalue weighted by molar-refractivity contribution is -0.126. The van der Waals surface area contributed by atoms with Crippen LogP contribution in [-0.2, 0) is 11.3 Å². The van der Waals surface area contributed by atoms with Crippen LogP contribution in [0.2, 0.25) is 0 Å². The summed E-state index contributed by atoms with van der Waals surface area (Å²) in [7, 11) is 0. The molecule has 1 atom stereocenters. The molecule has 0 spiro atoms. The van der Waals surface area contributed by atoms with Crippen molar-refractivity contribution in [2.24, 2.45) is 10.2 Å². The van der Waals surface area contributed by atoms with Gasteiger partial charge in [0.05, 0.1) is 18.0 Å². The third kappa shape index (κ3) is 5.08. The lowest BCUT2D eigenvalue weighted by Crippen LogP contribution is -2.31. The predicted octanol–water partition coefficient (Wildman–Crippen LogP) is 5.39. The van der Waals surface area contributed by atoms with E-state index in [9.17, 15) is 4.79 Å². The number of nitrogens with zero attached hydrogens (tertiary/aromatic N) is 3. The van der Waals surface area contributed by atoms with Crippen LogP contribution in [0, 0.1) is 6.92 Å². The molecule has 4 nitrogen and oxygen atoms in total. The number of hydrogen-bond donors (Lipinski definition) is 0. The monoisotopic (exact) mass is 443 g/mol. The Morgan fingerprint density at radius 1 is 1.19 bits per heavy atom. The molecule has 3 rings (SSSR count). The highest BCUT2D eigenvalue weighted by atomic mass is 79.9. The first-order valence-corrected chi connectivity index (χ1v) is 10.6. The fourth-order valence-electron chi connectivity index (χ4n) is 2.83.